The molecule has 0 aliphatic carbocycles. The van der Waals surface area contributed by atoms with Gasteiger partial charge in [0, 0.05) is 0 Å². The van der Waals surface area contributed by atoms with Crippen molar-refractivity contribution >= 4 is 5.90 Å². The van der Waals surface area contributed by atoms with Gasteiger partial charge in [0.05, 0.1) is 13.7 Å². The first-order chi connectivity index (χ1) is 4.43. The van der Waals surface area contributed by atoms with Gasteiger partial charge in [-0.2, -0.15) is 0 Å². The molecular formula is C7H9NO. The SMILES string of the molecule is COC1=NCC=CC=C1. The normalized spacial score (nSPS) is 16.8. The van der Waals surface area contributed by atoms with Gasteiger partial charge in [0.25, 0.3) is 0 Å². The fraction of sp³-hybridized carbons (Fsp3) is 0.286. The molecule has 1 aliphatic heterocycles. The first-order valence-electron chi connectivity index (χ1n) is 2.85. The van der Waals surface area contributed by atoms with E-state index in [0.717, 1.165) is 6.54 Å². The van der Waals surface area contributed by atoms with E-state index in [-0.39, 0.29) is 0 Å². The van der Waals surface area contributed by atoms with Crippen LogP contribution in [0.4, 0.5) is 0 Å². The minimum atomic E-state index is 0.694. The summed E-state index contributed by atoms with van der Waals surface area (Å²) >= 11 is 0. The van der Waals surface area contributed by atoms with Crippen molar-refractivity contribution in [2.45, 2.75) is 0 Å². The van der Waals surface area contributed by atoms with Crippen LogP contribution in [0.1, 0.15) is 0 Å². The van der Waals surface area contributed by atoms with Crippen molar-refractivity contribution in [1.29, 1.82) is 0 Å². The number of nitrogens with zero attached hydrogens (tertiary/aromatic N) is 1. The molecule has 0 N–H and O–H groups in total. The highest BCUT2D eigenvalue weighted by Crippen LogP contribution is 1.90. The van der Waals surface area contributed by atoms with Crippen LogP contribution in [0.25, 0.3) is 0 Å². The Kier molecular flexibility index (Phi) is 2.07. The molecule has 48 valence electrons. The molecule has 2 nitrogen and oxygen atoms in total. The number of rotatable bonds is 0. The minimum Gasteiger partial charge on any atom is -0.481 e. The molecule has 0 aromatic rings. The number of hydrogen-bond donors (Lipinski definition) is 0. The topological polar surface area (TPSA) is 21.6 Å². The molecule has 0 atom stereocenters. The Morgan fingerprint density at radius 3 is 3.22 bits per heavy atom. The molecule has 2 heteroatoms. The number of allylic oxidation sites excluding steroid dienone is 2. The van der Waals surface area contributed by atoms with Crippen molar-refractivity contribution < 1.29 is 4.74 Å². The van der Waals surface area contributed by atoms with Gasteiger partial charge in [-0.1, -0.05) is 18.2 Å². The van der Waals surface area contributed by atoms with Gasteiger partial charge in [0.1, 0.15) is 0 Å². The summed E-state index contributed by atoms with van der Waals surface area (Å²) in [6.45, 7) is 0.718. The van der Waals surface area contributed by atoms with Gasteiger partial charge in [0.2, 0.25) is 5.90 Å². The van der Waals surface area contributed by atoms with Crippen molar-refractivity contribution in [3.8, 4) is 0 Å². The third-order valence-electron chi connectivity index (χ3n) is 1.05. The molecule has 0 saturated heterocycles. The van der Waals surface area contributed by atoms with Crippen LogP contribution in [-0.2, 0) is 4.74 Å². The van der Waals surface area contributed by atoms with E-state index in [1.807, 2.05) is 24.3 Å². The van der Waals surface area contributed by atoms with Gasteiger partial charge in [-0.15, -0.1) is 0 Å². The molecule has 0 amide bonds. The summed E-state index contributed by atoms with van der Waals surface area (Å²) < 4.78 is 4.89. The molecule has 1 rings (SSSR count). The zero-order valence-corrected chi connectivity index (χ0v) is 5.37. The van der Waals surface area contributed by atoms with Crippen LogP contribution in [0.3, 0.4) is 0 Å². The predicted octanol–water partition coefficient (Wildman–Crippen LogP) is 1.16. The Morgan fingerprint density at radius 2 is 2.44 bits per heavy atom. The van der Waals surface area contributed by atoms with Crippen molar-refractivity contribution in [2.24, 2.45) is 4.99 Å². The van der Waals surface area contributed by atoms with E-state index < -0.39 is 0 Å². The minimum absolute atomic E-state index is 0.694. The second-order valence-electron chi connectivity index (χ2n) is 1.67. The first-order valence-corrected chi connectivity index (χ1v) is 2.85. The Balaban J connectivity index is 2.63. The van der Waals surface area contributed by atoms with Crippen LogP contribution in [0.5, 0.6) is 0 Å². The maximum Gasteiger partial charge on any atom is 0.208 e. The van der Waals surface area contributed by atoms with Crippen LogP contribution in [0, 0.1) is 0 Å². The Labute approximate surface area is 54.6 Å². The number of ether oxygens (including phenoxy) is 1. The van der Waals surface area contributed by atoms with Crippen LogP contribution >= 0.6 is 0 Å². The lowest BCUT2D eigenvalue weighted by molar-refractivity contribution is 0.405. The summed E-state index contributed by atoms with van der Waals surface area (Å²) in [5.74, 6) is 0.694. The molecule has 0 spiro atoms. The molecule has 1 aliphatic rings. The van der Waals surface area contributed by atoms with E-state index in [2.05, 4.69) is 4.99 Å². The largest absolute Gasteiger partial charge is 0.481 e. The Morgan fingerprint density at radius 1 is 1.56 bits per heavy atom. The van der Waals surface area contributed by atoms with Crippen molar-refractivity contribution in [1.82, 2.24) is 0 Å². The second-order valence-corrected chi connectivity index (χ2v) is 1.67. The van der Waals surface area contributed by atoms with Gasteiger partial charge >= 0.3 is 0 Å². The predicted molar refractivity (Wildman–Crippen MR) is 37.6 cm³/mol. The molecule has 1 heterocycles. The van der Waals surface area contributed by atoms with Gasteiger partial charge < -0.3 is 4.74 Å². The summed E-state index contributed by atoms with van der Waals surface area (Å²) in [5, 5.41) is 0. The van der Waals surface area contributed by atoms with Crippen molar-refractivity contribution in [2.75, 3.05) is 13.7 Å². The third-order valence-corrected chi connectivity index (χ3v) is 1.05. The fourth-order valence-electron chi connectivity index (χ4n) is 0.605. The molecule has 0 unspecified atom stereocenters. The zero-order valence-electron chi connectivity index (χ0n) is 5.37. The molecule has 9 heavy (non-hydrogen) atoms. The van der Waals surface area contributed by atoms with E-state index in [1.54, 1.807) is 7.11 Å². The molecule has 0 bridgehead atoms. The highest BCUT2D eigenvalue weighted by atomic mass is 16.5. The third kappa shape index (κ3) is 1.72. The van der Waals surface area contributed by atoms with Crippen molar-refractivity contribution in [3.05, 3.63) is 24.3 Å². The lowest BCUT2D eigenvalue weighted by Crippen LogP contribution is -1.95. The second kappa shape index (κ2) is 3.07. The highest BCUT2D eigenvalue weighted by Gasteiger charge is 1.89. The summed E-state index contributed by atoms with van der Waals surface area (Å²) in [5.41, 5.74) is 0. The fourth-order valence-corrected chi connectivity index (χ4v) is 0.605. The van der Waals surface area contributed by atoms with Crippen LogP contribution in [0.2, 0.25) is 0 Å². The van der Waals surface area contributed by atoms with E-state index in [1.165, 1.54) is 0 Å². The molecule has 0 fully saturated rings. The van der Waals surface area contributed by atoms with E-state index in [4.69, 9.17) is 4.74 Å². The first kappa shape index (κ1) is 6.08. The van der Waals surface area contributed by atoms with Crippen LogP contribution in [0.15, 0.2) is 29.3 Å². The number of methoxy groups -OCH3 is 1. The molecule has 0 saturated carbocycles. The smallest absolute Gasteiger partial charge is 0.208 e. The quantitative estimate of drug-likeness (QED) is 0.473. The molecule has 0 radical (unpaired) electrons. The monoisotopic (exact) mass is 123 g/mol. The van der Waals surface area contributed by atoms with Gasteiger partial charge in [-0.05, 0) is 6.08 Å². The summed E-state index contributed by atoms with van der Waals surface area (Å²) in [4.78, 5) is 4.06. The maximum atomic E-state index is 4.89. The average Bonchev–Trinajstić information content (AvgIpc) is 2.13. The van der Waals surface area contributed by atoms with Crippen molar-refractivity contribution in [3.63, 3.8) is 0 Å². The number of hydrogen-bond acceptors (Lipinski definition) is 2. The number of aliphatic imine (C=N–C) groups is 1. The van der Waals surface area contributed by atoms with Crippen LogP contribution in [-0.4, -0.2) is 19.6 Å². The summed E-state index contributed by atoms with van der Waals surface area (Å²) in [6, 6.07) is 0. The van der Waals surface area contributed by atoms with Gasteiger partial charge in [-0.3, -0.25) is 0 Å². The molecular weight excluding hydrogens is 114 g/mol. The van der Waals surface area contributed by atoms with E-state index in [9.17, 15) is 0 Å². The van der Waals surface area contributed by atoms with E-state index in [0.29, 0.717) is 5.90 Å². The standard InChI is InChI=1S/C7H9NO/c1-9-7-5-3-2-4-6-8-7/h2-5H,6H2,1H3. The van der Waals surface area contributed by atoms with E-state index >= 15 is 0 Å². The highest BCUT2D eigenvalue weighted by molar-refractivity contribution is 5.88. The van der Waals surface area contributed by atoms with Gasteiger partial charge in [0.15, 0.2) is 0 Å². The molecule has 0 aromatic heterocycles. The summed E-state index contributed by atoms with van der Waals surface area (Å²) in [6.07, 6.45) is 7.68. The lowest BCUT2D eigenvalue weighted by atomic mass is 10.4. The van der Waals surface area contributed by atoms with Crippen LogP contribution < -0.4 is 0 Å². The molecule has 0 aromatic carbocycles. The maximum absolute atomic E-state index is 4.89. The lowest BCUT2D eigenvalue weighted by Gasteiger charge is -1.93. The average molecular weight is 123 g/mol. The Hall–Kier alpha value is -1.05. The zero-order chi connectivity index (χ0) is 6.53. The summed E-state index contributed by atoms with van der Waals surface area (Å²) in [7, 11) is 1.62. The Bertz CT molecular complexity index is 168. The van der Waals surface area contributed by atoms with Gasteiger partial charge in [-0.25, -0.2) is 4.99 Å².